The molecule has 3 aliphatic carbocycles. The number of Topliss-reactive ketones (excluding diaryl/α,β-unsaturated/α-hetero) is 1. The largest absolute Gasteiger partial charge is 0.363 e. The number of primary amides is 1. The summed E-state index contributed by atoms with van der Waals surface area (Å²) in [6.45, 7) is 6.17. The van der Waals surface area contributed by atoms with Gasteiger partial charge in [-0.2, -0.15) is 0 Å². The van der Waals surface area contributed by atoms with Gasteiger partial charge in [-0.3, -0.25) is 19.2 Å². The smallest absolute Gasteiger partial charge is 0.315 e. The van der Waals surface area contributed by atoms with Crippen LogP contribution in [0.3, 0.4) is 0 Å². The lowest BCUT2D eigenvalue weighted by Crippen LogP contribution is -2.61. The van der Waals surface area contributed by atoms with E-state index in [1.165, 1.54) is 4.90 Å². The Morgan fingerprint density at radius 1 is 0.930 bits per heavy atom. The molecule has 0 radical (unpaired) electrons. The first-order valence-electron chi connectivity index (χ1n) is 16.1. The fraction of sp³-hybridized carbons (Fsp3) is 0.839. The normalized spacial score (nSPS) is 28.0. The van der Waals surface area contributed by atoms with Crippen molar-refractivity contribution in [2.75, 3.05) is 6.54 Å². The number of halogens is 2. The number of hydrogen-bond acceptors (Lipinski definition) is 5. The lowest BCUT2D eigenvalue weighted by molar-refractivity contribution is -0.144. The van der Waals surface area contributed by atoms with E-state index in [1.54, 1.807) is 0 Å². The second-order valence-corrected chi connectivity index (χ2v) is 14.0. The molecule has 4 fully saturated rings. The van der Waals surface area contributed by atoms with Gasteiger partial charge < -0.3 is 26.6 Å². The summed E-state index contributed by atoms with van der Waals surface area (Å²) in [6, 6.07) is -3.71. The van der Waals surface area contributed by atoms with E-state index in [4.69, 9.17) is 5.73 Å². The summed E-state index contributed by atoms with van der Waals surface area (Å²) in [5.74, 6) is -7.93. The zero-order valence-corrected chi connectivity index (χ0v) is 25.8. The van der Waals surface area contributed by atoms with Crippen molar-refractivity contribution < 1.29 is 32.8 Å². The van der Waals surface area contributed by atoms with E-state index in [0.717, 1.165) is 64.2 Å². The van der Waals surface area contributed by atoms with Crippen LogP contribution >= 0.6 is 0 Å². The molecule has 0 aromatic rings. The van der Waals surface area contributed by atoms with Crippen molar-refractivity contribution in [1.29, 1.82) is 0 Å². The van der Waals surface area contributed by atoms with Crippen LogP contribution in [0.5, 0.6) is 0 Å². The van der Waals surface area contributed by atoms with Crippen molar-refractivity contribution >= 4 is 29.5 Å². The highest BCUT2D eigenvalue weighted by Crippen LogP contribution is 2.51. The minimum Gasteiger partial charge on any atom is -0.363 e. The number of hydrogen-bond donors (Lipinski definition) is 4. The number of ketones is 1. The maximum Gasteiger partial charge on any atom is 0.315 e. The van der Waals surface area contributed by atoms with Gasteiger partial charge in [-0.1, -0.05) is 52.4 Å². The number of alkyl halides is 2. The van der Waals surface area contributed by atoms with Gasteiger partial charge in [-0.15, -0.1) is 0 Å². The van der Waals surface area contributed by atoms with Crippen LogP contribution in [0.1, 0.15) is 104 Å². The highest BCUT2D eigenvalue weighted by atomic mass is 19.3. The summed E-state index contributed by atoms with van der Waals surface area (Å²) in [4.78, 5) is 67.2. The molecule has 12 heteroatoms. The minimum absolute atomic E-state index is 0.0118. The van der Waals surface area contributed by atoms with Crippen LogP contribution in [-0.4, -0.2) is 70.6 Å². The molecule has 0 aromatic carbocycles. The summed E-state index contributed by atoms with van der Waals surface area (Å²) in [7, 11) is 0. The molecule has 4 rings (SSSR count). The third-order valence-corrected chi connectivity index (χ3v) is 10.3. The van der Waals surface area contributed by atoms with E-state index < -0.39 is 66.4 Å². The summed E-state index contributed by atoms with van der Waals surface area (Å²) in [5, 5.41) is 8.61. The molecule has 1 aliphatic heterocycles. The number of nitrogens with zero attached hydrogens (tertiary/aromatic N) is 1. The third kappa shape index (κ3) is 8.03. The Morgan fingerprint density at radius 2 is 1.53 bits per heavy atom. The van der Waals surface area contributed by atoms with Crippen LogP contribution in [0.2, 0.25) is 0 Å². The highest BCUT2D eigenvalue weighted by molar-refractivity contribution is 6.37. The van der Waals surface area contributed by atoms with Crippen molar-refractivity contribution in [1.82, 2.24) is 20.9 Å². The molecule has 0 bridgehead atoms. The Kier molecular flexibility index (Phi) is 10.4. The van der Waals surface area contributed by atoms with Gasteiger partial charge >= 0.3 is 6.03 Å². The number of carbonyl (C=O) groups is 5. The first-order chi connectivity index (χ1) is 20.2. The number of nitrogens with one attached hydrogen (secondary N) is 3. The number of carbonyl (C=O) groups excluding carboxylic acids is 5. The van der Waals surface area contributed by atoms with Crippen molar-refractivity contribution in [3.8, 4) is 0 Å². The van der Waals surface area contributed by atoms with E-state index >= 15 is 0 Å². The Morgan fingerprint density at radius 3 is 2.09 bits per heavy atom. The van der Waals surface area contributed by atoms with Gasteiger partial charge in [0.1, 0.15) is 12.1 Å². The van der Waals surface area contributed by atoms with Crippen molar-refractivity contribution in [3.05, 3.63) is 0 Å². The molecule has 3 saturated carbocycles. The summed E-state index contributed by atoms with van der Waals surface area (Å²) in [5.41, 5.74) is 4.84. The third-order valence-electron chi connectivity index (χ3n) is 10.3. The molecular formula is C31H49F2N5O5. The zero-order chi connectivity index (χ0) is 31.5. The van der Waals surface area contributed by atoms with Gasteiger partial charge in [0.05, 0.1) is 6.04 Å². The van der Waals surface area contributed by atoms with E-state index in [1.807, 2.05) is 20.8 Å². The van der Waals surface area contributed by atoms with Crippen LogP contribution in [0.15, 0.2) is 0 Å². The van der Waals surface area contributed by atoms with E-state index in [2.05, 4.69) is 16.0 Å². The Bertz CT molecular complexity index is 1070. The Hall–Kier alpha value is -2.79. The second kappa shape index (κ2) is 13.5. The number of likely N-dealkylation sites (tertiary alicyclic amines) is 1. The molecule has 4 aliphatic rings. The molecule has 242 valence electrons. The molecular weight excluding hydrogens is 560 g/mol. The monoisotopic (exact) mass is 609 g/mol. The van der Waals surface area contributed by atoms with Gasteiger partial charge in [0.15, 0.2) is 0 Å². The van der Waals surface area contributed by atoms with E-state index in [9.17, 15) is 32.8 Å². The average Bonchev–Trinajstić information content (AvgIpc) is 3.33. The fourth-order valence-corrected chi connectivity index (χ4v) is 7.50. The fourth-order valence-electron chi connectivity index (χ4n) is 7.50. The first-order valence-corrected chi connectivity index (χ1v) is 16.1. The molecule has 43 heavy (non-hydrogen) atoms. The molecule has 5 unspecified atom stereocenters. The molecule has 5 amide bonds. The SMILES string of the molecule is CC(C)C1CCN(C(=O)C(NC(=O)NC2(C)CCCCC2)C2CCCCC2)C1C(=O)NC(CC1CC1(F)F)C(=O)C(N)=O. The van der Waals surface area contributed by atoms with Crippen LogP contribution in [0.4, 0.5) is 13.6 Å². The maximum atomic E-state index is 14.3. The van der Waals surface area contributed by atoms with Crippen molar-refractivity contribution in [3.63, 3.8) is 0 Å². The quantitative estimate of drug-likeness (QED) is 0.265. The minimum atomic E-state index is -2.95. The van der Waals surface area contributed by atoms with Crippen LogP contribution in [0.25, 0.3) is 0 Å². The second-order valence-electron chi connectivity index (χ2n) is 14.0. The average molecular weight is 610 g/mol. The van der Waals surface area contributed by atoms with Crippen LogP contribution in [-0.2, 0) is 19.2 Å². The van der Waals surface area contributed by atoms with Crippen LogP contribution < -0.4 is 21.7 Å². The number of amides is 5. The van der Waals surface area contributed by atoms with Gasteiger partial charge in [0.2, 0.25) is 17.6 Å². The first kappa shape index (κ1) is 33.1. The summed E-state index contributed by atoms with van der Waals surface area (Å²) in [6.07, 6.45) is 9.10. The topological polar surface area (TPSA) is 151 Å². The Balaban J connectivity index is 1.54. The van der Waals surface area contributed by atoms with Gasteiger partial charge in [-0.05, 0) is 63.2 Å². The standard InChI is InChI=1S/C31H49F2N5O5/c1-18(2)21-12-15-38(24(21)27(41)35-22(25(39)26(34)40)16-20-17-31(20,32)33)28(42)23(19-10-6-4-7-11-19)36-29(43)37-30(3)13-8-5-9-14-30/h18-24H,4-17H2,1-3H3,(H2,34,40)(H,35,41)(H2,36,37,43). The van der Waals surface area contributed by atoms with Gasteiger partial charge in [0.25, 0.3) is 11.8 Å². The summed E-state index contributed by atoms with van der Waals surface area (Å²) < 4.78 is 27.4. The van der Waals surface area contributed by atoms with Crippen molar-refractivity contribution in [2.24, 2.45) is 29.4 Å². The molecule has 1 saturated heterocycles. The number of urea groups is 1. The molecule has 0 spiro atoms. The van der Waals surface area contributed by atoms with E-state index in [-0.39, 0.29) is 35.7 Å². The molecule has 1 heterocycles. The molecule has 0 aromatic heterocycles. The molecule has 10 nitrogen and oxygen atoms in total. The number of rotatable bonds is 11. The predicted molar refractivity (Wildman–Crippen MR) is 156 cm³/mol. The lowest BCUT2D eigenvalue weighted by Gasteiger charge is -2.38. The number of nitrogens with two attached hydrogens (primary N) is 1. The Labute approximate surface area is 253 Å². The zero-order valence-electron chi connectivity index (χ0n) is 25.8. The maximum absolute atomic E-state index is 14.3. The van der Waals surface area contributed by atoms with Gasteiger partial charge in [-0.25, -0.2) is 13.6 Å². The van der Waals surface area contributed by atoms with Gasteiger partial charge in [0, 0.05) is 24.4 Å². The van der Waals surface area contributed by atoms with E-state index in [0.29, 0.717) is 6.42 Å². The summed E-state index contributed by atoms with van der Waals surface area (Å²) >= 11 is 0. The van der Waals surface area contributed by atoms with Crippen LogP contribution in [0, 0.1) is 23.7 Å². The highest BCUT2D eigenvalue weighted by Gasteiger charge is 2.58. The van der Waals surface area contributed by atoms with Crippen molar-refractivity contribution in [2.45, 2.75) is 134 Å². The lowest BCUT2D eigenvalue weighted by atomic mass is 9.82. The molecule has 5 atom stereocenters. The predicted octanol–water partition coefficient (Wildman–Crippen LogP) is 3.41. The molecule has 5 N–H and O–H groups in total.